The summed E-state index contributed by atoms with van der Waals surface area (Å²) in [6, 6.07) is 7.36. The van der Waals surface area contributed by atoms with E-state index in [1.54, 1.807) is 18.4 Å². The van der Waals surface area contributed by atoms with Crippen LogP contribution in [0.4, 0.5) is 5.95 Å². The number of nitrogens with two attached hydrogens (primary N) is 1. The second-order valence-corrected chi connectivity index (χ2v) is 5.33. The zero-order valence-corrected chi connectivity index (χ0v) is 11.8. The van der Waals surface area contributed by atoms with Crippen molar-refractivity contribution in [1.29, 1.82) is 0 Å². The van der Waals surface area contributed by atoms with Gasteiger partial charge in [0.25, 0.3) is 0 Å². The van der Waals surface area contributed by atoms with Gasteiger partial charge in [-0.3, -0.25) is 0 Å². The number of halogens is 1. The molecular formula is C12H10ClN5OS. The zero-order valence-electron chi connectivity index (χ0n) is 10.2. The molecule has 0 unspecified atom stereocenters. The van der Waals surface area contributed by atoms with Crippen LogP contribution < -0.4 is 5.73 Å². The number of nitrogens with one attached hydrogen (secondary N) is 1. The first-order chi connectivity index (χ1) is 9.70. The van der Waals surface area contributed by atoms with Crippen LogP contribution in [0, 0.1) is 0 Å². The summed E-state index contributed by atoms with van der Waals surface area (Å²) in [5.74, 6) is 1.44. The number of rotatable bonds is 4. The number of aromatic nitrogens is 4. The molecule has 6 nitrogen and oxygen atoms in total. The summed E-state index contributed by atoms with van der Waals surface area (Å²) >= 11 is 7.36. The maximum Gasteiger partial charge on any atom is 0.226 e. The van der Waals surface area contributed by atoms with E-state index in [1.807, 2.05) is 12.1 Å². The summed E-state index contributed by atoms with van der Waals surface area (Å²) in [5.41, 5.74) is 7.10. The number of hydrogen-bond donors (Lipinski definition) is 2. The molecule has 0 saturated heterocycles. The first-order valence-electron chi connectivity index (χ1n) is 5.72. The standard InChI is InChI=1S/C12H10ClN5OS/c13-8-3-1-2-7(4-8)10-15-9(5-19-10)6-20-12-16-11(14)17-18-12/h1-5H,6H2,(H3,14,16,17,18). The fourth-order valence-electron chi connectivity index (χ4n) is 1.59. The van der Waals surface area contributed by atoms with Crippen molar-refractivity contribution >= 4 is 29.3 Å². The Kier molecular flexibility index (Phi) is 3.62. The van der Waals surface area contributed by atoms with Crippen LogP contribution in [-0.2, 0) is 5.75 Å². The average molecular weight is 308 g/mol. The first-order valence-corrected chi connectivity index (χ1v) is 7.08. The molecule has 102 valence electrons. The van der Waals surface area contributed by atoms with Crippen LogP contribution in [0.5, 0.6) is 0 Å². The van der Waals surface area contributed by atoms with E-state index in [9.17, 15) is 0 Å². The lowest BCUT2D eigenvalue weighted by Crippen LogP contribution is -1.85. The molecule has 0 spiro atoms. The van der Waals surface area contributed by atoms with E-state index in [0.717, 1.165) is 11.3 Å². The number of thioether (sulfide) groups is 1. The molecule has 0 aliphatic carbocycles. The van der Waals surface area contributed by atoms with Gasteiger partial charge in [0.2, 0.25) is 17.0 Å². The van der Waals surface area contributed by atoms with Gasteiger partial charge < -0.3 is 10.2 Å². The van der Waals surface area contributed by atoms with Gasteiger partial charge >= 0.3 is 0 Å². The predicted octanol–water partition coefficient (Wildman–Crippen LogP) is 2.99. The highest BCUT2D eigenvalue weighted by atomic mass is 35.5. The zero-order chi connectivity index (χ0) is 13.9. The highest BCUT2D eigenvalue weighted by Crippen LogP contribution is 2.24. The van der Waals surface area contributed by atoms with Gasteiger partial charge in [0.05, 0.1) is 5.69 Å². The van der Waals surface area contributed by atoms with Crippen LogP contribution in [0.15, 0.2) is 40.1 Å². The largest absolute Gasteiger partial charge is 0.444 e. The second-order valence-electron chi connectivity index (χ2n) is 3.95. The van der Waals surface area contributed by atoms with Crippen LogP contribution in [0.25, 0.3) is 11.5 Å². The van der Waals surface area contributed by atoms with Crippen molar-refractivity contribution in [2.75, 3.05) is 5.73 Å². The van der Waals surface area contributed by atoms with Crippen LogP contribution in [0.1, 0.15) is 5.69 Å². The highest BCUT2D eigenvalue weighted by Gasteiger charge is 2.09. The normalized spacial score (nSPS) is 10.8. The van der Waals surface area contributed by atoms with Gasteiger partial charge in [-0.15, -0.1) is 5.10 Å². The molecule has 3 aromatic rings. The lowest BCUT2D eigenvalue weighted by atomic mass is 10.2. The van der Waals surface area contributed by atoms with E-state index >= 15 is 0 Å². The minimum Gasteiger partial charge on any atom is -0.444 e. The number of anilines is 1. The van der Waals surface area contributed by atoms with Gasteiger partial charge in [0, 0.05) is 16.3 Å². The number of nitrogens with zero attached hydrogens (tertiary/aromatic N) is 3. The average Bonchev–Trinajstić information content (AvgIpc) is 3.05. The SMILES string of the molecule is Nc1nc(SCc2coc(-c3cccc(Cl)c3)n2)n[nH]1. The molecular weight excluding hydrogens is 298 g/mol. The molecule has 0 radical (unpaired) electrons. The summed E-state index contributed by atoms with van der Waals surface area (Å²) in [6.45, 7) is 0. The lowest BCUT2D eigenvalue weighted by molar-refractivity contribution is 0.573. The molecule has 3 rings (SSSR count). The van der Waals surface area contributed by atoms with Crippen molar-refractivity contribution in [3.63, 3.8) is 0 Å². The van der Waals surface area contributed by atoms with Gasteiger partial charge in [0.15, 0.2) is 0 Å². The molecule has 20 heavy (non-hydrogen) atoms. The maximum absolute atomic E-state index is 5.94. The fourth-order valence-corrected chi connectivity index (χ4v) is 2.46. The van der Waals surface area contributed by atoms with E-state index in [1.165, 1.54) is 11.8 Å². The number of benzene rings is 1. The Balaban J connectivity index is 1.70. The highest BCUT2D eigenvalue weighted by molar-refractivity contribution is 7.98. The molecule has 8 heteroatoms. The van der Waals surface area contributed by atoms with Crippen LogP contribution >= 0.6 is 23.4 Å². The minimum atomic E-state index is 0.298. The topological polar surface area (TPSA) is 93.6 Å². The van der Waals surface area contributed by atoms with Crippen molar-refractivity contribution < 1.29 is 4.42 Å². The summed E-state index contributed by atoms with van der Waals surface area (Å²) in [5, 5.41) is 7.74. The Morgan fingerprint density at radius 3 is 3.00 bits per heavy atom. The van der Waals surface area contributed by atoms with E-state index < -0.39 is 0 Å². The van der Waals surface area contributed by atoms with Crippen molar-refractivity contribution in [3.8, 4) is 11.5 Å². The van der Waals surface area contributed by atoms with Gasteiger partial charge in [-0.2, -0.15) is 4.98 Å². The summed E-state index contributed by atoms with van der Waals surface area (Å²) in [7, 11) is 0. The Morgan fingerprint density at radius 2 is 2.25 bits per heavy atom. The number of nitrogen functional groups attached to an aromatic ring is 1. The fraction of sp³-hybridized carbons (Fsp3) is 0.0833. The summed E-state index contributed by atoms with van der Waals surface area (Å²) < 4.78 is 5.44. The maximum atomic E-state index is 5.94. The third kappa shape index (κ3) is 2.94. The van der Waals surface area contributed by atoms with E-state index in [2.05, 4.69) is 20.2 Å². The van der Waals surface area contributed by atoms with Crippen molar-refractivity contribution in [1.82, 2.24) is 20.2 Å². The minimum absolute atomic E-state index is 0.298. The molecule has 0 saturated carbocycles. The van der Waals surface area contributed by atoms with Crippen molar-refractivity contribution in [2.45, 2.75) is 10.9 Å². The smallest absolute Gasteiger partial charge is 0.226 e. The number of oxazole rings is 1. The Labute approximate surface area is 123 Å². The van der Waals surface area contributed by atoms with Gasteiger partial charge in [-0.05, 0) is 18.2 Å². The number of aromatic amines is 1. The van der Waals surface area contributed by atoms with Crippen molar-refractivity contribution in [3.05, 3.63) is 41.2 Å². The summed E-state index contributed by atoms with van der Waals surface area (Å²) in [4.78, 5) is 8.40. The molecule has 2 aromatic heterocycles. The Bertz CT molecular complexity index is 726. The Hall–Kier alpha value is -1.99. The quantitative estimate of drug-likeness (QED) is 0.720. The van der Waals surface area contributed by atoms with E-state index in [-0.39, 0.29) is 0 Å². The molecule has 0 atom stereocenters. The molecule has 0 bridgehead atoms. The van der Waals surface area contributed by atoms with Crippen LogP contribution in [0.3, 0.4) is 0 Å². The lowest BCUT2D eigenvalue weighted by Gasteiger charge is -1.95. The summed E-state index contributed by atoms with van der Waals surface area (Å²) in [6.07, 6.45) is 1.61. The van der Waals surface area contributed by atoms with E-state index in [4.69, 9.17) is 21.8 Å². The van der Waals surface area contributed by atoms with Crippen molar-refractivity contribution in [2.24, 2.45) is 0 Å². The van der Waals surface area contributed by atoms with Crippen LogP contribution in [-0.4, -0.2) is 20.2 Å². The van der Waals surface area contributed by atoms with Gasteiger partial charge in [-0.25, -0.2) is 10.1 Å². The Morgan fingerprint density at radius 1 is 1.35 bits per heavy atom. The van der Waals surface area contributed by atoms with Gasteiger partial charge in [-0.1, -0.05) is 29.4 Å². The molecule has 3 N–H and O–H groups in total. The molecule has 0 aliphatic heterocycles. The molecule has 0 amide bonds. The monoisotopic (exact) mass is 307 g/mol. The molecule has 0 aliphatic rings. The van der Waals surface area contributed by atoms with Gasteiger partial charge in [0.1, 0.15) is 6.26 Å². The molecule has 0 fully saturated rings. The molecule has 1 aromatic carbocycles. The third-order valence-electron chi connectivity index (χ3n) is 2.45. The third-order valence-corrected chi connectivity index (χ3v) is 3.57. The predicted molar refractivity (Wildman–Crippen MR) is 77.3 cm³/mol. The second kappa shape index (κ2) is 5.56. The number of H-pyrrole nitrogens is 1. The first kappa shape index (κ1) is 13.0. The molecule has 2 heterocycles. The van der Waals surface area contributed by atoms with E-state index in [0.29, 0.717) is 27.8 Å². The number of hydrogen-bond acceptors (Lipinski definition) is 6. The van der Waals surface area contributed by atoms with Crippen LogP contribution in [0.2, 0.25) is 5.02 Å².